The lowest BCUT2D eigenvalue weighted by molar-refractivity contribution is -0.782. The Kier molecular flexibility index (Phi) is 2.64. The summed E-state index contributed by atoms with van der Waals surface area (Å²) in [5, 5.41) is 18.5. The van der Waals surface area contributed by atoms with E-state index in [0.717, 1.165) is 0 Å². The molecule has 7 nitrogen and oxygen atoms in total. The van der Waals surface area contributed by atoms with Crippen molar-refractivity contribution in [2.45, 2.75) is 0 Å². The van der Waals surface area contributed by atoms with Crippen LogP contribution in [0.25, 0.3) is 11.0 Å². The zero-order valence-corrected chi connectivity index (χ0v) is 8.77. The number of benzene rings is 1. The van der Waals surface area contributed by atoms with Crippen LogP contribution < -0.4 is 16.1 Å². The van der Waals surface area contributed by atoms with Gasteiger partial charge in [-0.25, -0.2) is 0 Å². The third-order valence-corrected chi connectivity index (χ3v) is 1.89. The number of hydrazone groups is 1. The lowest BCUT2D eigenvalue weighted by atomic mass is 10.2. The fraction of sp³-hybridized carbons (Fsp3) is 0. The number of aromatic nitrogens is 2. The second-order valence-electron chi connectivity index (χ2n) is 2.91. The first-order valence-corrected chi connectivity index (χ1v) is 4.65. The summed E-state index contributed by atoms with van der Waals surface area (Å²) >= 11 is 4.57. The van der Waals surface area contributed by atoms with Gasteiger partial charge in [0.1, 0.15) is 0 Å². The zero-order chi connectivity index (χ0) is 11.5. The van der Waals surface area contributed by atoms with Crippen LogP contribution in [-0.4, -0.2) is 16.5 Å². The molecule has 0 aliphatic carbocycles. The maximum Gasteiger partial charge on any atom is 0.248 e. The molecule has 1 aromatic carbocycles. The van der Waals surface area contributed by atoms with E-state index in [0.29, 0.717) is 21.5 Å². The lowest BCUT2D eigenvalue weighted by Gasteiger charge is -1.94. The molecule has 0 amide bonds. The van der Waals surface area contributed by atoms with Crippen molar-refractivity contribution in [3.63, 3.8) is 0 Å². The van der Waals surface area contributed by atoms with E-state index < -0.39 is 0 Å². The van der Waals surface area contributed by atoms with Crippen LogP contribution in [0, 0.1) is 5.21 Å². The van der Waals surface area contributed by atoms with Crippen molar-refractivity contribution in [2.24, 2.45) is 10.8 Å². The lowest BCUT2D eigenvalue weighted by Crippen LogP contribution is -2.24. The normalized spacial score (nSPS) is 11.0. The molecular formula is C8H7N5O2S. The van der Waals surface area contributed by atoms with Crippen molar-refractivity contribution in [1.82, 2.24) is 10.6 Å². The van der Waals surface area contributed by atoms with Crippen LogP contribution in [-0.2, 0) is 0 Å². The Morgan fingerprint density at radius 3 is 3.25 bits per heavy atom. The summed E-state index contributed by atoms with van der Waals surface area (Å²) in [5.41, 5.74) is 9.10. The second kappa shape index (κ2) is 4.11. The highest BCUT2D eigenvalue weighted by molar-refractivity contribution is 7.80. The van der Waals surface area contributed by atoms with Gasteiger partial charge in [0.05, 0.1) is 6.21 Å². The Morgan fingerprint density at radius 2 is 2.50 bits per heavy atom. The Morgan fingerprint density at radius 1 is 1.69 bits per heavy atom. The molecule has 0 fully saturated rings. The number of fused-ring (bicyclic) bond motifs is 1. The van der Waals surface area contributed by atoms with Crippen molar-refractivity contribution in [3.8, 4) is 0 Å². The van der Waals surface area contributed by atoms with Gasteiger partial charge >= 0.3 is 0 Å². The van der Waals surface area contributed by atoms with Crippen LogP contribution in [0.15, 0.2) is 27.9 Å². The molecular weight excluding hydrogens is 230 g/mol. The molecule has 0 aliphatic heterocycles. The molecule has 0 spiro atoms. The molecule has 0 bridgehead atoms. The standard InChI is InChI=1S/C8H7N5O2S/c9-8(16)11-10-4-5-1-2-6-7(3-5)13(14)15-12-6/h1-4H,(H3,9,11,16)/b10-4+. The number of hydrogen-bond donors (Lipinski definition) is 2. The third-order valence-electron chi connectivity index (χ3n) is 1.80. The molecule has 0 aliphatic rings. The molecule has 0 atom stereocenters. The summed E-state index contributed by atoms with van der Waals surface area (Å²) in [6.07, 6.45) is 1.48. The van der Waals surface area contributed by atoms with Gasteiger partial charge < -0.3 is 10.9 Å². The topological polar surface area (TPSA) is 103 Å². The van der Waals surface area contributed by atoms with Crippen LogP contribution in [0.2, 0.25) is 0 Å². The number of nitrogens with two attached hydrogens (primary N) is 1. The molecule has 3 N–H and O–H groups in total. The van der Waals surface area contributed by atoms with E-state index in [1.54, 1.807) is 18.2 Å². The van der Waals surface area contributed by atoms with Crippen molar-refractivity contribution >= 4 is 34.6 Å². The number of rotatable bonds is 2. The molecule has 0 radical (unpaired) electrons. The van der Waals surface area contributed by atoms with E-state index >= 15 is 0 Å². The summed E-state index contributed by atoms with van der Waals surface area (Å²) in [6.45, 7) is 0. The monoisotopic (exact) mass is 237 g/mol. The van der Waals surface area contributed by atoms with Gasteiger partial charge in [-0.3, -0.25) is 10.1 Å². The highest BCUT2D eigenvalue weighted by Crippen LogP contribution is 2.08. The molecule has 0 saturated heterocycles. The van der Waals surface area contributed by atoms with E-state index in [1.165, 1.54) is 6.21 Å². The van der Waals surface area contributed by atoms with E-state index in [2.05, 4.69) is 32.5 Å². The summed E-state index contributed by atoms with van der Waals surface area (Å²) < 4.78 is 4.42. The third kappa shape index (κ3) is 2.06. The largest absolute Gasteiger partial charge is 0.375 e. The molecule has 1 heterocycles. The number of hydrogen-bond acceptors (Lipinski definition) is 5. The van der Waals surface area contributed by atoms with Gasteiger partial charge in [0.2, 0.25) is 11.0 Å². The van der Waals surface area contributed by atoms with Gasteiger partial charge in [0.15, 0.2) is 5.11 Å². The summed E-state index contributed by atoms with van der Waals surface area (Å²) in [7, 11) is 0. The molecule has 82 valence electrons. The van der Waals surface area contributed by atoms with Gasteiger partial charge in [-0.05, 0) is 34.8 Å². The molecule has 8 heteroatoms. The zero-order valence-electron chi connectivity index (χ0n) is 7.95. The first-order valence-electron chi connectivity index (χ1n) is 4.25. The van der Waals surface area contributed by atoms with E-state index in [-0.39, 0.29) is 5.11 Å². The maximum absolute atomic E-state index is 11.1. The average Bonchev–Trinajstić information content (AvgIpc) is 2.60. The first-order chi connectivity index (χ1) is 7.66. The highest BCUT2D eigenvalue weighted by Gasteiger charge is 2.08. The second-order valence-corrected chi connectivity index (χ2v) is 3.35. The highest BCUT2D eigenvalue weighted by atomic mass is 32.1. The van der Waals surface area contributed by atoms with Gasteiger partial charge in [-0.2, -0.15) is 5.10 Å². The Hall–Kier alpha value is -2.22. The Labute approximate surface area is 95.1 Å². The van der Waals surface area contributed by atoms with Gasteiger partial charge in [0, 0.05) is 11.2 Å². The van der Waals surface area contributed by atoms with Crippen LogP contribution in [0.3, 0.4) is 0 Å². The predicted molar refractivity (Wildman–Crippen MR) is 60.5 cm³/mol. The van der Waals surface area contributed by atoms with E-state index in [1.807, 2.05) is 0 Å². The average molecular weight is 237 g/mol. The van der Waals surface area contributed by atoms with Crippen LogP contribution in [0.4, 0.5) is 0 Å². The van der Waals surface area contributed by atoms with Gasteiger partial charge in [-0.15, -0.1) is 0 Å². The fourth-order valence-electron chi connectivity index (χ4n) is 1.14. The predicted octanol–water partition coefficient (Wildman–Crippen LogP) is -0.372. The summed E-state index contributed by atoms with van der Waals surface area (Å²) in [5.74, 6) is 0. The number of thiocarbonyl (C=S) groups is 1. The van der Waals surface area contributed by atoms with Crippen molar-refractivity contribution in [1.29, 1.82) is 0 Å². The molecule has 2 aromatic rings. The van der Waals surface area contributed by atoms with Crippen LogP contribution in [0.1, 0.15) is 5.56 Å². The Balaban J connectivity index is 2.28. The minimum Gasteiger partial charge on any atom is -0.375 e. The fourth-order valence-corrected chi connectivity index (χ4v) is 1.19. The Bertz CT molecular complexity index is 565. The van der Waals surface area contributed by atoms with Gasteiger partial charge in [0.25, 0.3) is 0 Å². The molecule has 16 heavy (non-hydrogen) atoms. The number of nitrogens with zero attached hydrogens (tertiary/aromatic N) is 3. The quantitative estimate of drug-likeness (QED) is 0.319. The van der Waals surface area contributed by atoms with Crippen molar-refractivity contribution < 1.29 is 9.53 Å². The SMILES string of the molecule is NC(=S)N/N=C/c1ccc2no[n+]([O-])c2c1. The molecule has 2 rings (SSSR count). The van der Waals surface area contributed by atoms with Crippen LogP contribution in [0.5, 0.6) is 0 Å². The smallest absolute Gasteiger partial charge is 0.248 e. The van der Waals surface area contributed by atoms with E-state index in [4.69, 9.17) is 5.73 Å². The minimum atomic E-state index is 0.0706. The number of nitrogens with one attached hydrogen (secondary N) is 1. The van der Waals surface area contributed by atoms with Crippen molar-refractivity contribution in [2.75, 3.05) is 0 Å². The molecule has 0 unspecified atom stereocenters. The van der Waals surface area contributed by atoms with Crippen LogP contribution >= 0.6 is 12.2 Å². The maximum atomic E-state index is 11.1. The van der Waals surface area contributed by atoms with E-state index in [9.17, 15) is 5.21 Å². The summed E-state index contributed by atoms with van der Waals surface area (Å²) in [4.78, 5) is 0.327. The minimum absolute atomic E-state index is 0.0706. The summed E-state index contributed by atoms with van der Waals surface area (Å²) in [6, 6.07) is 4.97. The molecule has 0 saturated carbocycles. The van der Waals surface area contributed by atoms with Crippen molar-refractivity contribution in [3.05, 3.63) is 29.0 Å². The molecule has 1 aromatic heterocycles. The first kappa shape index (κ1) is 10.3. The van der Waals surface area contributed by atoms with Gasteiger partial charge in [-0.1, -0.05) is 0 Å².